The number of hydrogen-bond acceptors (Lipinski definition) is 6. The van der Waals surface area contributed by atoms with Gasteiger partial charge < -0.3 is 22.1 Å². The summed E-state index contributed by atoms with van der Waals surface area (Å²) < 4.78 is 16.3. The first-order valence-corrected chi connectivity index (χ1v) is 9.18. The predicted molar refractivity (Wildman–Crippen MR) is 102 cm³/mol. The first kappa shape index (κ1) is 19.1. The Labute approximate surface area is 157 Å². The van der Waals surface area contributed by atoms with Gasteiger partial charge >= 0.3 is 0 Å². The minimum atomic E-state index is -0.763. The standard InChI is InChI=1S/C18H26FN7O/c1-10(2)26-9-11(8-22-26)23-17-12(16(21)27)7-13(19)18(25-17)24-15-6-4-3-5-14(15)20/h7-10,14-15H,3-6,20H2,1-2H3,(H2,21,27)(H2,23,24,25)/t14-,15+/m0/s1. The molecule has 0 bridgehead atoms. The van der Waals surface area contributed by atoms with Crippen LogP contribution in [-0.4, -0.2) is 32.8 Å². The molecule has 3 rings (SSSR count). The Morgan fingerprint density at radius 2 is 2.07 bits per heavy atom. The van der Waals surface area contributed by atoms with Gasteiger partial charge in [0, 0.05) is 24.3 Å². The fourth-order valence-corrected chi connectivity index (χ4v) is 3.21. The monoisotopic (exact) mass is 375 g/mol. The zero-order valence-corrected chi connectivity index (χ0v) is 15.6. The SMILES string of the molecule is CC(C)n1cc(Nc2nc(N[C@@H]3CCCC[C@@H]3N)c(F)cc2C(N)=O)cn1. The van der Waals surface area contributed by atoms with Crippen LogP contribution in [0.4, 0.5) is 21.7 Å². The first-order chi connectivity index (χ1) is 12.8. The Kier molecular flexibility index (Phi) is 5.59. The number of primary amides is 1. The second kappa shape index (κ2) is 7.91. The molecule has 8 nitrogen and oxygen atoms in total. The zero-order valence-electron chi connectivity index (χ0n) is 15.6. The molecule has 0 unspecified atom stereocenters. The molecule has 1 fully saturated rings. The van der Waals surface area contributed by atoms with Gasteiger partial charge in [-0.05, 0) is 32.8 Å². The van der Waals surface area contributed by atoms with Crippen LogP contribution in [0.15, 0.2) is 18.5 Å². The lowest BCUT2D eigenvalue weighted by Crippen LogP contribution is -2.43. The van der Waals surface area contributed by atoms with Crippen LogP contribution in [0.2, 0.25) is 0 Å². The second-order valence-corrected chi connectivity index (χ2v) is 7.21. The van der Waals surface area contributed by atoms with E-state index < -0.39 is 11.7 Å². The van der Waals surface area contributed by atoms with Crippen molar-refractivity contribution in [2.45, 2.75) is 57.7 Å². The molecule has 0 aliphatic heterocycles. The minimum Gasteiger partial charge on any atom is -0.365 e. The van der Waals surface area contributed by atoms with Crippen LogP contribution in [0, 0.1) is 5.82 Å². The van der Waals surface area contributed by atoms with Gasteiger partial charge in [0.1, 0.15) is 5.82 Å². The molecular weight excluding hydrogens is 349 g/mol. The number of aromatic nitrogens is 3. The number of pyridine rings is 1. The number of halogens is 1. The predicted octanol–water partition coefficient (Wildman–Crippen LogP) is 2.52. The van der Waals surface area contributed by atoms with Crippen LogP contribution in [0.25, 0.3) is 0 Å². The molecule has 9 heteroatoms. The van der Waals surface area contributed by atoms with Gasteiger partial charge in [0.2, 0.25) is 0 Å². The molecule has 6 N–H and O–H groups in total. The van der Waals surface area contributed by atoms with E-state index in [1.54, 1.807) is 17.1 Å². The fraction of sp³-hybridized carbons (Fsp3) is 0.500. The topological polar surface area (TPSA) is 124 Å². The quantitative estimate of drug-likeness (QED) is 0.615. The zero-order chi connectivity index (χ0) is 19.6. The highest BCUT2D eigenvalue weighted by atomic mass is 19.1. The van der Waals surface area contributed by atoms with E-state index in [0.717, 1.165) is 31.7 Å². The van der Waals surface area contributed by atoms with Gasteiger partial charge in [-0.25, -0.2) is 9.37 Å². The molecule has 1 aliphatic rings. The van der Waals surface area contributed by atoms with E-state index in [-0.39, 0.29) is 35.3 Å². The molecule has 1 saturated carbocycles. The molecule has 27 heavy (non-hydrogen) atoms. The van der Waals surface area contributed by atoms with Crippen molar-refractivity contribution in [3.63, 3.8) is 0 Å². The van der Waals surface area contributed by atoms with E-state index in [1.807, 2.05) is 13.8 Å². The molecule has 2 aromatic heterocycles. The molecule has 0 aromatic carbocycles. The summed E-state index contributed by atoms with van der Waals surface area (Å²) in [5.74, 6) is -1.16. The van der Waals surface area contributed by atoms with E-state index in [1.165, 1.54) is 0 Å². The molecule has 0 saturated heterocycles. The van der Waals surface area contributed by atoms with Crippen molar-refractivity contribution in [2.75, 3.05) is 10.6 Å². The van der Waals surface area contributed by atoms with Crippen molar-refractivity contribution < 1.29 is 9.18 Å². The van der Waals surface area contributed by atoms with E-state index in [4.69, 9.17) is 11.5 Å². The number of anilines is 3. The van der Waals surface area contributed by atoms with Crippen LogP contribution < -0.4 is 22.1 Å². The molecule has 2 atom stereocenters. The van der Waals surface area contributed by atoms with Crippen molar-refractivity contribution in [3.8, 4) is 0 Å². The smallest absolute Gasteiger partial charge is 0.252 e. The molecule has 1 aliphatic carbocycles. The van der Waals surface area contributed by atoms with Crippen molar-refractivity contribution >= 4 is 23.2 Å². The molecular formula is C18H26FN7O. The Morgan fingerprint density at radius 3 is 2.70 bits per heavy atom. The third-order valence-corrected chi connectivity index (χ3v) is 4.78. The Bertz CT molecular complexity index is 820. The highest BCUT2D eigenvalue weighted by molar-refractivity contribution is 5.98. The molecule has 146 valence electrons. The van der Waals surface area contributed by atoms with Gasteiger partial charge in [0.15, 0.2) is 11.6 Å². The first-order valence-electron chi connectivity index (χ1n) is 9.18. The lowest BCUT2D eigenvalue weighted by molar-refractivity contribution is 0.100. The summed E-state index contributed by atoms with van der Waals surface area (Å²) >= 11 is 0. The van der Waals surface area contributed by atoms with E-state index in [2.05, 4.69) is 20.7 Å². The number of rotatable bonds is 6. The van der Waals surface area contributed by atoms with Gasteiger partial charge in [0.05, 0.1) is 17.4 Å². The van der Waals surface area contributed by atoms with Gasteiger partial charge in [-0.3, -0.25) is 9.48 Å². The number of carbonyl (C=O) groups excluding carboxylic acids is 1. The summed E-state index contributed by atoms with van der Waals surface area (Å²) in [5.41, 5.74) is 12.1. The normalized spacial score (nSPS) is 19.9. The van der Waals surface area contributed by atoms with Crippen molar-refractivity contribution in [1.29, 1.82) is 0 Å². The molecule has 0 spiro atoms. The number of nitrogens with one attached hydrogen (secondary N) is 2. The molecule has 2 heterocycles. The number of carbonyl (C=O) groups is 1. The van der Waals surface area contributed by atoms with E-state index in [0.29, 0.717) is 5.69 Å². The Morgan fingerprint density at radius 1 is 1.33 bits per heavy atom. The summed E-state index contributed by atoms with van der Waals surface area (Å²) in [5, 5.41) is 10.3. The maximum absolute atomic E-state index is 14.5. The highest BCUT2D eigenvalue weighted by Gasteiger charge is 2.24. The number of hydrogen-bond donors (Lipinski definition) is 4. The van der Waals surface area contributed by atoms with Crippen LogP contribution >= 0.6 is 0 Å². The average Bonchev–Trinajstić information content (AvgIpc) is 3.08. The maximum atomic E-state index is 14.5. The second-order valence-electron chi connectivity index (χ2n) is 7.21. The van der Waals surface area contributed by atoms with Gasteiger partial charge in [-0.15, -0.1) is 0 Å². The van der Waals surface area contributed by atoms with Gasteiger partial charge in [-0.2, -0.15) is 5.10 Å². The third kappa shape index (κ3) is 4.36. The Balaban J connectivity index is 1.89. The molecule has 2 aromatic rings. The summed E-state index contributed by atoms with van der Waals surface area (Å²) in [6, 6.07) is 1.16. The summed E-state index contributed by atoms with van der Waals surface area (Å²) in [6.07, 6.45) is 7.24. The van der Waals surface area contributed by atoms with Crippen LogP contribution in [-0.2, 0) is 0 Å². The summed E-state index contributed by atoms with van der Waals surface area (Å²) in [7, 11) is 0. The third-order valence-electron chi connectivity index (χ3n) is 4.78. The largest absolute Gasteiger partial charge is 0.365 e. The van der Waals surface area contributed by atoms with Crippen LogP contribution in [0.5, 0.6) is 0 Å². The average molecular weight is 375 g/mol. The number of nitrogens with two attached hydrogens (primary N) is 2. The Hall–Kier alpha value is -2.68. The fourth-order valence-electron chi connectivity index (χ4n) is 3.21. The van der Waals surface area contributed by atoms with Crippen molar-refractivity contribution in [1.82, 2.24) is 14.8 Å². The number of amides is 1. The van der Waals surface area contributed by atoms with Gasteiger partial charge in [-0.1, -0.05) is 12.8 Å². The minimum absolute atomic E-state index is 0.0247. The summed E-state index contributed by atoms with van der Waals surface area (Å²) in [6.45, 7) is 3.99. The molecule has 0 radical (unpaired) electrons. The van der Waals surface area contributed by atoms with E-state index in [9.17, 15) is 9.18 Å². The lowest BCUT2D eigenvalue weighted by Gasteiger charge is -2.30. The van der Waals surface area contributed by atoms with Crippen molar-refractivity contribution in [2.24, 2.45) is 11.5 Å². The lowest BCUT2D eigenvalue weighted by atomic mass is 9.91. The maximum Gasteiger partial charge on any atom is 0.252 e. The highest BCUT2D eigenvalue weighted by Crippen LogP contribution is 2.26. The van der Waals surface area contributed by atoms with Crippen molar-refractivity contribution in [3.05, 3.63) is 29.8 Å². The van der Waals surface area contributed by atoms with Crippen LogP contribution in [0.1, 0.15) is 55.9 Å². The van der Waals surface area contributed by atoms with Gasteiger partial charge in [0.25, 0.3) is 5.91 Å². The number of nitrogens with zero attached hydrogens (tertiary/aromatic N) is 3. The summed E-state index contributed by atoms with van der Waals surface area (Å²) in [4.78, 5) is 16.0. The molecule has 1 amide bonds. The van der Waals surface area contributed by atoms with Crippen LogP contribution in [0.3, 0.4) is 0 Å². The van der Waals surface area contributed by atoms with E-state index >= 15 is 0 Å².